The van der Waals surface area contributed by atoms with Crippen molar-refractivity contribution in [2.75, 3.05) is 13.6 Å². The number of carbonyl (C=O) groups is 1. The van der Waals surface area contributed by atoms with Crippen LogP contribution in [0.15, 0.2) is 60.8 Å². The molecule has 0 aliphatic heterocycles. The zero-order valence-corrected chi connectivity index (χ0v) is 16.4. The van der Waals surface area contributed by atoms with Crippen molar-refractivity contribution in [3.05, 3.63) is 77.8 Å². The van der Waals surface area contributed by atoms with E-state index in [2.05, 4.69) is 12.3 Å². The minimum Gasteiger partial charge on any atom is -0.488 e. The topological polar surface area (TPSA) is 29.5 Å². The van der Waals surface area contributed by atoms with Crippen molar-refractivity contribution in [1.82, 2.24) is 4.90 Å². The van der Waals surface area contributed by atoms with Crippen molar-refractivity contribution >= 4 is 11.5 Å². The predicted molar refractivity (Wildman–Crippen MR) is 107 cm³/mol. The first-order chi connectivity index (χ1) is 12.7. The Labute approximate surface area is 160 Å². The lowest BCUT2D eigenvalue weighted by molar-refractivity contribution is 0.0797. The summed E-state index contributed by atoms with van der Waals surface area (Å²) < 4.78 is 19.1. The summed E-state index contributed by atoms with van der Waals surface area (Å²) in [4.78, 5) is 14.0. The third-order valence-corrected chi connectivity index (χ3v) is 3.96. The van der Waals surface area contributed by atoms with Crippen LogP contribution in [0.1, 0.15) is 43.1 Å². The molecule has 0 saturated heterocycles. The average molecular weight is 367 g/mol. The third-order valence-electron chi connectivity index (χ3n) is 3.96. The molecule has 2 rings (SSSR count). The number of hydrogen-bond donors (Lipinski definition) is 0. The number of carbonyl (C=O) groups excluding carboxylic acids is 1. The molecule has 3 nitrogen and oxygen atoms in total. The van der Waals surface area contributed by atoms with Gasteiger partial charge < -0.3 is 9.64 Å². The standard InChI is InChI=1S/C23H26FNO2/c1-6-17(18-10-12-21(13-11-18)27-23(2,3)4)14-15-25(5)22(26)19-8-7-9-20(24)16-19/h7-13,16H,1,14-15H2,2-5H3. The van der Waals surface area contributed by atoms with Crippen molar-refractivity contribution in [3.63, 3.8) is 0 Å². The monoisotopic (exact) mass is 367 g/mol. The number of hydrogen-bond acceptors (Lipinski definition) is 2. The Balaban J connectivity index is 2.01. The first-order valence-electron chi connectivity index (χ1n) is 8.89. The molecule has 2 aromatic carbocycles. The van der Waals surface area contributed by atoms with E-state index in [1.165, 1.54) is 18.2 Å². The summed E-state index contributed by atoms with van der Waals surface area (Å²) in [7, 11) is 1.70. The highest BCUT2D eigenvalue weighted by molar-refractivity contribution is 5.94. The van der Waals surface area contributed by atoms with E-state index in [-0.39, 0.29) is 11.5 Å². The fourth-order valence-electron chi connectivity index (χ4n) is 2.64. The van der Waals surface area contributed by atoms with Gasteiger partial charge in [0.2, 0.25) is 0 Å². The molecular weight excluding hydrogens is 341 g/mol. The summed E-state index contributed by atoms with van der Waals surface area (Å²) >= 11 is 0. The molecule has 0 radical (unpaired) electrons. The van der Waals surface area contributed by atoms with Crippen molar-refractivity contribution in [2.24, 2.45) is 0 Å². The summed E-state index contributed by atoms with van der Waals surface area (Å²) in [5.41, 5.74) is 4.94. The van der Waals surface area contributed by atoms with E-state index >= 15 is 0 Å². The third kappa shape index (κ3) is 6.12. The summed E-state index contributed by atoms with van der Waals surface area (Å²) in [5, 5.41) is 0. The van der Waals surface area contributed by atoms with E-state index in [1.54, 1.807) is 18.0 Å². The number of ether oxygens (including phenoxy) is 1. The average Bonchev–Trinajstić information content (AvgIpc) is 2.61. The normalized spacial score (nSPS) is 10.9. The molecule has 27 heavy (non-hydrogen) atoms. The molecule has 0 N–H and O–H groups in total. The van der Waals surface area contributed by atoms with Gasteiger partial charge in [0.05, 0.1) is 0 Å². The lowest BCUT2D eigenvalue weighted by atomic mass is 10.0. The first kappa shape index (κ1) is 20.5. The van der Waals surface area contributed by atoms with E-state index in [0.29, 0.717) is 18.5 Å². The number of benzene rings is 2. The van der Waals surface area contributed by atoms with Gasteiger partial charge in [0, 0.05) is 24.7 Å². The Kier molecular flexibility index (Phi) is 6.59. The molecule has 0 unspecified atom stereocenters. The SMILES string of the molecule is C=C=C(CCN(C)C(=O)c1cccc(F)c1)c1ccc(OC(C)(C)C)cc1. The van der Waals surface area contributed by atoms with Gasteiger partial charge in [0.1, 0.15) is 17.2 Å². The predicted octanol–water partition coefficient (Wildman–Crippen LogP) is 5.33. The van der Waals surface area contributed by atoms with Gasteiger partial charge in [-0.1, -0.05) is 24.8 Å². The molecule has 0 fully saturated rings. The van der Waals surface area contributed by atoms with E-state index in [9.17, 15) is 9.18 Å². The van der Waals surface area contributed by atoms with Crippen molar-refractivity contribution in [2.45, 2.75) is 32.8 Å². The van der Waals surface area contributed by atoms with Crippen LogP contribution in [0.5, 0.6) is 5.75 Å². The van der Waals surface area contributed by atoms with Crippen LogP contribution in [-0.2, 0) is 0 Å². The molecule has 0 saturated carbocycles. The van der Waals surface area contributed by atoms with Gasteiger partial charge in [0.25, 0.3) is 5.91 Å². The summed E-state index contributed by atoms with van der Waals surface area (Å²) in [6.07, 6.45) is 0.598. The maximum atomic E-state index is 13.3. The van der Waals surface area contributed by atoms with Crippen LogP contribution in [0.4, 0.5) is 4.39 Å². The zero-order valence-electron chi connectivity index (χ0n) is 16.4. The number of amides is 1. The van der Waals surface area contributed by atoms with Gasteiger partial charge in [-0.25, -0.2) is 4.39 Å². The molecular formula is C23H26FNO2. The van der Waals surface area contributed by atoms with Gasteiger partial charge in [0.15, 0.2) is 0 Å². The fourth-order valence-corrected chi connectivity index (χ4v) is 2.64. The van der Waals surface area contributed by atoms with Gasteiger partial charge in [-0.2, -0.15) is 0 Å². The second kappa shape index (κ2) is 8.70. The highest BCUT2D eigenvalue weighted by atomic mass is 19.1. The maximum Gasteiger partial charge on any atom is 0.253 e. The second-order valence-electron chi connectivity index (χ2n) is 7.38. The second-order valence-corrected chi connectivity index (χ2v) is 7.38. The van der Waals surface area contributed by atoms with Crippen LogP contribution in [0.25, 0.3) is 5.57 Å². The molecule has 1 amide bonds. The molecule has 142 valence electrons. The summed E-state index contributed by atoms with van der Waals surface area (Å²) in [6, 6.07) is 13.5. The quantitative estimate of drug-likeness (QED) is 0.646. The number of rotatable bonds is 6. The van der Waals surface area contributed by atoms with E-state index < -0.39 is 5.82 Å². The number of halogens is 1. The van der Waals surface area contributed by atoms with Gasteiger partial charge in [-0.3, -0.25) is 4.79 Å². The molecule has 0 atom stereocenters. The smallest absolute Gasteiger partial charge is 0.253 e. The van der Waals surface area contributed by atoms with Crippen LogP contribution in [0, 0.1) is 5.82 Å². The first-order valence-corrected chi connectivity index (χ1v) is 8.89. The zero-order chi connectivity index (χ0) is 20.0. The van der Waals surface area contributed by atoms with Crippen LogP contribution in [-0.4, -0.2) is 30.0 Å². The number of nitrogens with zero attached hydrogens (tertiary/aromatic N) is 1. The minimum absolute atomic E-state index is 0.216. The molecule has 0 aliphatic rings. The Morgan fingerprint density at radius 3 is 2.37 bits per heavy atom. The highest BCUT2D eigenvalue weighted by Gasteiger charge is 2.14. The molecule has 2 aromatic rings. The Morgan fingerprint density at radius 1 is 1.15 bits per heavy atom. The van der Waals surface area contributed by atoms with Gasteiger partial charge in [-0.05, 0) is 63.1 Å². The Bertz CT molecular complexity index is 843. The molecule has 0 bridgehead atoms. The van der Waals surface area contributed by atoms with E-state index in [0.717, 1.165) is 16.9 Å². The highest BCUT2D eigenvalue weighted by Crippen LogP contribution is 2.23. The van der Waals surface area contributed by atoms with Crippen LogP contribution in [0.2, 0.25) is 0 Å². The largest absolute Gasteiger partial charge is 0.488 e. The summed E-state index contributed by atoms with van der Waals surface area (Å²) in [6.45, 7) is 10.2. The summed E-state index contributed by atoms with van der Waals surface area (Å²) in [5.74, 6) is 0.165. The van der Waals surface area contributed by atoms with Crippen molar-refractivity contribution in [1.29, 1.82) is 0 Å². The molecule has 0 aliphatic carbocycles. The molecule has 0 heterocycles. The van der Waals surface area contributed by atoms with E-state index in [4.69, 9.17) is 4.74 Å². The minimum atomic E-state index is -0.418. The van der Waals surface area contributed by atoms with Crippen LogP contribution >= 0.6 is 0 Å². The van der Waals surface area contributed by atoms with Crippen LogP contribution in [0.3, 0.4) is 0 Å². The lowest BCUT2D eigenvalue weighted by Gasteiger charge is -2.21. The van der Waals surface area contributed by atoms with Gasteiger partial charge in [-0.15, -0.1) is 5.73 Å². The van der Waals surface area contributed by atoms with Gasteiger partial charge >= 0.3 is 0 Å². The Hall–Kier alpha value is -2.84. The lowest BCUT2D eigenvalue weighted by Crippen LogP contribution is -2.27. The Morgan fingerprint density at radius 2 is 1.81 bits per heavy atom. The fraction of sp³-hybridized carbons (Fsp3) is 0.304. The molecule has 4 heteroatoms. The maximum absolute atomic E-state index is 13.3. The van der Waals surface area contributed by atoms with Crippen LogP contribution < -0.4 is 4.74 Å². The van der Waals surface area contributed by atoms with Crippen molar-refractivity contribution < 1.29 is 13.9 Å². The van der Waals surface area contributed by atoms with Crippen molar-refractivity contribution in [3.8, 4) is 5.75 Å². The molecule has 0 spiro atoms. The molecule has 0 aromatic heterocycles. The van der Waals surface area contributed by atoms with E-state index in [1.807, 2.05) is 45.0 Å².